The van der Waals surface area contributed by atoms with E-state index in [9.17, 15) is 4.79 Å². The van der Waals surface area contributed by atoms with Crippen LogP contribution in [0.2, 0.25) is 23.2 Å². The molecule has 0 unspecified atom stereocenters. The molecule has 0 radical (unpaired) electrons. The summed E-state index contributed by atoms with van der Waals surface area (Å²) in [6.07, 6.45) is 0. The van der Waals surface area contributed by atoms with E-state index >= 15 is 0 Å². The average Bonchev–Trinajstić information content (AvgIpc) is 2.40. The number of rotatable bonds is 4. The largest absolute Gasteiger partial charge is 0.279 e. The molecule has 0 aliphatic heterocycles. The number of benzene rings is 1. The van der Waals surface area contributed by atoms with Gasteiger partial charge in [0, 0.05) is 10.6 Å². The molecule has 96 valence electrons. The summed E-state index contributed by atoms with van der Waals surface area (Å²) in [5.41, 5.74) is 3.88. The quantitative estimate of drug-likeness (QED) is 0.448. The molecule has 0 saturated carbocycles. The fraction of sp³-hybridized carbons (Fsp3) is 0.400. The van der Waals surface area contributed by atoms with Gasteiger partial charge >= 0.3 is 0 Å². The van der Waals surface area contributed by atoms with Gasteiger partial charge < -0.3 is 0 Å². The lowest BCUT2D eigenvalue weighted by Crippen LogP contribution is -2.29. The van der Waals surface area contributed by atoms with E-state index in [1.165, 1.54) is 0 Å². The van der Waals surface area contributed by atoms with Crippen molar-refractivity contribution >= 4 is 25.5 Å². The lowest BCUT2D eigenvalue weighted by molar-refractivity contribution is 0.105. The standard InChI is InChI=1S/C15H19ClOSi/c1-4-18(5-2,6-3)11-10-15(17)13-8-7-9-14(16)12-13/h7-9,12H,4-6H2,1-3H3. The Balaban J connectivity index is 2.95. The second-order valence-corrected chi connectivity index (χ2v) is 9.80. The molecule has 0 atom stereocenters. The lowest BCUT2D eigenvalue weighted by Gasteiger charge is -2.19. The summed E-state index contributed by atoms with van der Waals surface area (Å²) < 4.78 is 0. The fourth-order valence-corrected chi connectivity index (χ4v) is 4.51. The van der Waals surface area contributed by atoms with Gasteiger partial charge in [0.2, 0.25) is 5.78 Å². The van der Waals surface area contributed by atoms with Crippen LogP contribution in [0.25, 0.3) is 0 Å². The van der Waals surface area contributed by atoms with Crippen LogP contribution in [0.1, 0.15) is 31.1 Å². The Labute approximate surface area is 116 Å². The van der Waals surface area contributed by atoms with Crippen molar-refractivity contribution in [1.82, 2.24) is 0 Å². The van der Waals surface area contributed by atoms with E-state index < -0.39 is 8.07 Å². The Morgan fingerprint density at radius 1 is 1.22 bits per heavy atom. The van der Waals surface area contributed by atoms with Crippen LogP contribution in [0.15, 0.2) is 24.3 Å². The van der Waals surface area contributed by atoms with Crippen LogP contribution < -0.4 is 0 Å². The second kappa shape index (κ2) is 6.77. The van der Waals surface area contributed by atoms with E-state index in [1.54, 1.807) is 24.3 Å². The van der Waals surface area contributed by atoms with Crippen molar-refractivity contribution in [3.8, 4) is 11.5 Å². The van der Waals surface area contributed by atoms with E-state index in [0.29, 0.717) is 10.6 Å². The summed E-state index contributed by atoms with van der Waals surface area (Å²) in [5, 5.41) is 0.577. The predicted octanol–water partition coefficient (Wildman–Crippen LogP) is 4.57. The summed E-state index contributed by atoms with van der Waals surface area (Å²) in [6, 6.07) is 10.3. The van der Waals surface area contributed by atoms with Crippen LogP contribution in [0.3, 0.4) is 0 Å². The number of Topliss-reactive ketones (excluding diaryl/α,β-unsaturated/α-hetero) is 1. The maximum atomic E-state index is 12.0. The lowest BCUT2D eigenvalue weighted by atomic mass is 10.1. The zero-order valence-electron chi connectivity index (χ0n) is 11.2. The van der Waals surface area contributed by atoms with Crippen LogP contribution in [0.5, 0.6) is 0 Å². The van der Waals surface area contributed by atoms with Crippen molar-refractivity contribution in [2.45, 2.75) is 38.9 Å². The number of ketones is 1. The smallest absolute Gasteiger partial charge is 0.235 e. The van der Waals surface area contributed by atoms with Gasteiger partial charge in [-0.15, -0.1) is 5.54 Å². The highest BCUT2D eigenvalue weighted by Crippen LogP contribution is 2.19. The van der Waals surface area contributed by atoms with E-state index in [2.05, 4.69) is 32.2 Å². The number of hydrogen-bond donors (Lipinski definition) is 0. The highest BCUT2D eigenvalue weighted by atomic mass is 35.5. The second-order valence-electron chi connectivity index (χ2n) is 4.43. The zero-order chi connectivity index (χ0) is 13.6. The normalized spacial score (nSPS) is 10.7. The fourth-order valence-electron chi connectivity index (χ4n) is 1.91. The highest BCUT2D eigenvalue weighted by Gasteiger charge is 2.24. The predicted molar refractivity (Wildman–Crippen MR) is 80.8 cm³/mol. The maximum Gasteiger partial charge on any atom is 0.235 e. The summed E-state index contributed by atoms with van der Waals surface area (Å²) >= 11 is 5.87. The molecule has 0 amide bonds. The minimum Gasteiger partial charge on any atom is -0.279 e. The molecule has 0 spiro atoms. The van der Waals surface area contributed by atoms with Gasteiger partial charge in [-0.25, -0.2) is 0 Å². The van der Waals surface area contributed by atoms with Gasteiger partial charge in [-0.2, -0.15) is 0 Å². The Bertz CT molecular complexity index is 472. The minimum absolute atomic E-state index is 0.121. The third kappa shape index (κ3) is 3.73. The molecular weight excluding hydrogens is 260 g/mol. The monoisotopic (exact) mass is 278 g/mol. The molecule has 0 aromatic heterocycles. The van der Waals surface area contributed by atoms with Gasteiger partial charge in [0.15, 0.2) is 0 Å². The zero-order valence-corrected chi connectivity index (χ0v) is 13.0. The molecule has 0 fully saturated rings. The first-order valence-corrected chi connectivity index (χ1v) is 9.40. The van der Waals surface area contributed by atoms with Gasteiger partial charge in [0.1, 0.15) is 8.07 Å². The SMILES string of the molecule is CC[Si](C#CC(=O)c1cccc(Cl)c1)(CC)CC. The number of halogens is 1. The Morgan fingerprint density at radius 3 is 2.33 bits per heavy atom. The third-order valence-corrected chi connectivity index (χ3v) is 8.51. The number of carbonyl (C=O) groups excluding carboxylic acids is 1. The van der Waals surface area contributed by atoms with Crippen molar-refractivity contribution in [1.29, 1.82) is 0 Å². The molecule has 0 aliphatic carbocycles. The van der Waals surface area contributed by atoms with Crippen molar-refractivity contribution < 1.29 is 4.79 Å². The maximum absolute atomic E-state index is 12.0. The van der Waals surface area contributed by atoms with Gasteiger partial charge in [0.05, 0.1) is 0 Å². The van der Waals surface area contributed by atoms with Crippen molar-refractivity contribution in [2.24, 2.45) is 0 Å². The molecule has 0 saturated heterocycles. The van der Waals surface area contributed by atoms with Crippen LogP contribution in [0.4, 0.5) is 0 Å². The molecule has 1 aromatic carbocycles. The molecule has 0 aliphatic rings. The molecule has 0 N–H and O–H groups in total. The molecule has 3 heteroatoms. The van der Waals surface area contributed by atoms with Crippen LogP contribution in [-0.2, 0) is 0 Å². The first kappa shape index (κ1) is 15.0. The number of carbonyl (C=O) groups is 1. The van der Waals surface area contributed by atoms with E-state index in [1.807, 2.05) is 0 Å². The minimum atomic E-state index is -1.54. The molecule has 18 heavy (non-hydrogen) atoms. The topological polar surface area (TPSA) is 17.1 Å². The molecule has 1 aromatic rings. The average molecular weight is 279 g/mol. The summed E-state index contributed by atoms with van der Waals surface area (Å²) in [7, 11) is -1.54. The Kier molecular flexibility index (Phi) is 5.65. The number of hydrogen-bond acceptors (Lipinski definition) is 1. The molecule has 0 bridgehead atoms. The van der Waals surface area contributed by atoms with E-state index in [-0.39, 0.29) is 5.78 Å². The van der Waals surface area contributed by atoms with Crippen LogP contribution in [0, 0.1) is 11.5 Å². The summed E-state index contributed by atoms with van der Waals surface area (Å²) in [4.78, 5) is 12.0. The van der Waals surface area contributed by atoms with Gasteiger partial charge in [-0.05, 0) is 36.2 Å². The van der Waals surface area contributed by atoms with E-state index in [4.69, 9.17) is 11.6 Å². The first-order valence-electron chi connectivity index (χ1n) is 6.40. The van der Waals surface area contributed by atoms with Crippen LogP contribution >= 0.6 is 11.6 Å². The molecule has 0 heterocycles. The Hall–Kier alpha value is -1.04. The summed E-state index contributed by atoms with van der Waals surface area (Å²) in [6.45, 7) is 6.54. The van der Waals surface area contributed by atoms with Crippen molar-refractivity contribution in [3.63, 3.8) is 0 Å². The molecule has 1 rings (SSSR count). The van der Waals surface area contributed by atoms with Gasteiger partial charge in [-0.1, -0.05) is 44.5 Å². The van der Waals surface area contributed by atoms with Gasteiger partial charge in [0.25, 0.3) is 0 Å². The molecular formula is C15H19ClOSi. The van der Waals surface area contributed by atoms with E-state index in [0.717, 1.165) is 18.1 Å². The van der Waals surface area contributed by atoms with Crippen LogP contribution in [-0.4, -0.2) is 13.9 Å². The van der Waals surface area contributed by atoms with Crippen molar-refractivity contribution in [2.75, 3.05) is 0 Å². The Morgan fingerprint density at radius 2 is 1.83 bits per heavy atom. The third-order valence-electron chi connectivity index (χ3n) is 3.56. The van der Waals surface area contributed by atoms with Crippen molar-refractivity contribution in [3.05, 3.63) is 34.9 Å². The molecule has 1 nitrogen and oxygen atoms in total. The highest BCUT2D eigenvalue weighted by molar-refractivity contribution is 6.87. The summed E-state index contributed by atoms with van der Waals surface area (Å²) in [5.74, 6) is 2.71. The van der Waals surface area contributed by atoms with Gasteiger partial charge in [-0.3, -0.25) is 4.79 Å². The first-order chi connectivity index (χ1) is 8.56.